The fraction of sp³-hybridized carbons (Fsp3) is 0.385. The van der Waals surface area contributed by atoms with E-state index in [2.05, 4.69) is 27.2 Å². The largest absolute Gasteiger partial charge is 0.351 e. The second-order valence-electron chi connectivity index (χ2n) is 4.30. The van der Waals surface area contributed by atoms with Gasteiger partial charge in [-0.15, -0.1) is 11.3 Å². The summed E-state index contributed by atoms with van der Waals surface area (Å²) in [6, 6.07) is 0. The zero-order valence-electron chi connectivity index (χ0n) is 11.4. The number of hydrogen-bond donors (Lipinski definition) is 2. The molecule has 0 saturated heterocycles. The van der Waals surface area contributed by atoms with E-state index in [1.54, 1.807) is 18.3 Å². The van der Waals surface area contributed by atoms with Gasteiger partial charge in [0.1, 0.15) is 11.4 Å². The van der Waals surface area contributed by atoms with Crippen LogP contribution in [-0.2, 0) is 12.8 Å². The quantitative estimate of drug-likeness (QED) is 0.863. The van der Waals surface area contributed by atoms with Gasteiger partial charge in [-0.2, -0.15) is 0 Å². The zero-order chi connectivity index (χ0) is 14.5. The molecule has 2 rings (SSSR count). The van der Waals surface area contributed by atoms with Gasteiger partial charge in [0.2, 0.25) is 0 Å². The van der Waals surface area contributed by atoms with Crippen molar-refractivity contribution >= 4 is 17.2 Å². The van der Waals surface area contributed by atoms with Crippen molar-refractivity contribution in [2.45, 2.75) is 26.7 Å². The molecule has 0 aromatic carbocycles. The third kappa shape index (κ3) is 3.51. The molecule has 0 radical (unpaired) electrons. The smallest absolute Gasteiger partial charge is 0.263 e. The number of H-pyrrole nitrogens is 1. The van der Waals surface area contributed by atoms with Crippen LogP contribution in [0.4, 0.5) is 0 Å². The molecule has 0 aliphatic rings. The van der Waals surface area contributed by atoms with Crippen molar-refractivity contribution in [1.29, 1.82) is 0 Å². The lowest BCUT2D eigenvalue weighted by molar-refractivity contribution is 0.0952. The molecule has 0 bridgehead atoms. The highest BCUT2D eigenvalue weighted by atomic mass is 32.1. The van der Waals surface area contributed by atoms with Crippen LogP contribution >= 0.6 is 11.3 Å². The van der Waals surface area contributed by atoms with E-state index >= 15 is 0 Å². The number of carbonyl (C=O) groups is 1. The highest BCUT2D eigenvalue weighted by molar-refractivity contribution is 7.09. The number of aromatic nitrogens is 3. The molecule has 2 heterocycles. The molecule has 0 saturated carbocycles. The molecule has 1 amide bonds. The van der Waals surface area contributed by atoms with Gasteiger partial charge in [0.25, 0.3) is 11.5 Å². The molecule has 0 aliphatic carbocycles. The standard InChI is InChI=1S/C13H16N4O2S/c1-3-11-17-9(7-20-11)4-5-14-12(18)10-6-15-8(2)16-13(10)19/h6-7H,3-5H2,1-2H3,(H,14,18)(H,15,16,19). The first-order chi connectivity index (χ1) is 9.60. The highest BCUT2D eigenvalue weighted by Gasteiger charge is 2.10. The van der Waals surface area contributed by atoms with E-state index in [1.807, 2.05) is 5.38 Å². The first-order valence-corrected chi connectivity index (χ1v) is 7.25. The van der Waals surface area contributed by atoms with E-state index in [0.717, 1.165) is 17.1 Å². The lowest BCUT2D eigenvalue weighted by Crippen LogP contribution is -2.31. The van der Waals surface area contributed by atoms with Crippen LogP contribution in [0.25, 0.3) is 0 Å². The molecular weight excluding hydrogens is 276 g/mol. The summed E-state index contributed by atoms with van der Waals surface area (Å²) < 4.78 is 0. The first-order valence-electron chi connectivity index (χ1n) is 6.37. The summed E-state index contributed by atoms with van der Waals surface area (Å²) in [6.45, 7) is 4.16. The van der Waals surface area contributed by atoms with Crippen molar-refractivity contribution in [2.24, 2.45) is 0 Å². The van der Waals surface area contributed by atoms with Crippen LogP contribution in [0.1, 0.15) is 33.8 Å². The molecule has 2 aromatic rings. The van der Waals surface area contributed by atoms with Gasteiger partial charge >= 0.3 is 0 Å². The van der Waals surface area contributed by atoms with Gasteiger partial charge < -0.3 is 10.3 Å². The van der Waals surface area contributed by atoms with E-state index in [-0.39, 0.29) is 5.56 Å². The van der Waals surface area contributed by atoms with E-state index in [4.69, 9.17) is 0 Å². The maximum absolute atomic E-state index is 11.8. The average molecular weight is 292 g/mol. The summed E-state index contributed by atoms with van der Waals surface area (Å²) >= 11 is 1.62. The Morgan fingerprint density at radius 1 is 1.50 bits per heavy atom. The van der Waals surface area contributed by atoms with Crippen molar-refractivity contribution in [3.63, 3.8) is 0 Å². The molecule has 2 N–H and O–H groups in total. The molecule has 0 fully saturated rings. The maximum atomic E-state index is 11.8. The molecule has 6 nitrogen and oxygen atoms in total. The third-order valence-electron chi connectivity index (χ3n) is 2.74. The monoisotopic (exact) mass is 292 g/mol. The van der Waals surface area contributed by atoms with Gasteiger partial charge in [-0.1, -0.05) is 6.92 Å². The average Bonchev–Trinajstić information content (AvgIpc) is 2.86. The van der Waals surface area contributed by atoms with Gasteiger partial charge in [0, 0.05) is 24.5 Å². The van der Waals surface area contributed by atoms with Gasteiger partial charge in [-0.25, -0.2) is 9.97 Å². The van der Waals surface area contributed by atoms with Crippen LogP contribution in [0, 0.1) is 6.92 Å². The number of aryl methyl sites for hydroxylation is 2. The number of thiazole rings is 1. The molecule has 0 atom stereocenters. The Kier molecular flexibility index (Phi) is 4.62. The zero-order valence-corrected chi connectivity index (χ0v) is 12.2. The Labute approximate surface area is 120 Å². The first kappa shape index (κ1) is 14.4. The van der Waals surface area contributed by atoms with E-state index in [9.17, 15) is 9.59 Å². The van der Waals surface area contributed by atoms with Crippen molar-refractivity contribution in [2.75, 3.05) is 6.54 Å². The summed E-state index contributed by atoms with van der Waals surface area (Å²) in [6.07, 6.45) is 2.86. The van der Waals surface area contributed by atoms with Gasteiger partial charge in [-0.3, -0.25) is 9.59 Å². The van der Waals surface area contributed by atoms with Gasteiger partial charge in [-0.05, 0) is 13.3 Å². The minimum absolute atomic E-state index is 0.0307. The summed E-state index contributed by atoms with van der Waals surface area (Å²) in [5, 5.41) is 5.78. The number of nitrogens with zero attached hydrogens (tertiary/aromatic N) is 2. The van der Waals surface area contributed by atoms with Crippen LogP contribution in [0.15, 0.2) is 16.4 Å². The van der Waals surface area contributed by atoms with Crippen LogP contribution in [0.3, 0.4) is 0 Å². The lowest BCUT2D eigenvalue weighted by atomic mass is 10.3. The predicted molar refractivity (Wildman–Crippen MR) is 77.1 cm³/mol. The fourth-order valence-electron chi connectivity index (χ4n) is 1.67. The molecule has 0 spiro atoms. The van der Waals surface area contributed by atoms with Crippen molar-refractivity contribution in [3.05, 3.63) is 44.0 Å². The summed E-state index contributed by atoms with van der Waals surface area (Å²) in [5.74, 6) is 0.0748. The Hall–Kier alpha value is -2.02. The Balaban J connectivity index is 1.90. The number of carbonyl (C=O) groups excluding carboxylic acids is 1. The minimum Gasteiger partial charge on any atom is -0.351 e. The van der Waals surface area contributed by atoms with Crippen molar-refractivity contribution in [3.8, 4) is 0 Å². The maximum Gasteiger partial charge on any atom is 0.263 e. The van der Waals surface area contributed by atoms with Crippen LogP contribution in [-0.4, -0.2) is 27.4 Å². The topological polar surface area (TPSA) is 87.7 Å². The highest BCUT2D eigenvalue weighted by Crippen LogP contribution is 2.10. The number of hydrogen-bond acceptors (Lipinski definition) is 5. The Morgan fingerprint density at radius 2 is 2.30 bits per heavy atom. The number of nitrogens with one attached hydrogen (secondary N) is 2. The van der Waals surface area contributed by atoms with E-state index < -0.39 is 11.5 Å². The second kappa shape index (κ2) is 6.42. The van der Waals surface area contributed by atoms with Crippen LogP contribution in [0.5, 0.6) is 0 Å². The molecule has 0 unspecified atom stereocenters. The van der Waals surface area contributed by atoms with Crippen LogP contribution in [0.2, 0.25) is 0 Å². The fourth-order valence-corrected chi connectivity index (χ4v) is 2.45. The molecule has 2 aromatic heterocycles. The number of rotatable bonds is 5. The molecule has 106 valence electrons. The van der Waals surface area contributed by atoms with Gasteiger partial charge in [0.15, 0.2) is 0 Å². The SMILES string of the molecule is CCc1nc(CCNC(=O)c2cnc(C)[nH]c2=O)cs1. The Bertz CT molecular complexity index is 662. The minimum atomic E-state index is -0.420. The Morgan fingerprint density at radius 3 is 2.95 bits per heavy atom. The number of amides is 1. The summed E-state index contributed by atoms with van der Waals surface area (Å²) in [4.78, 5) is 34.3. The normalized spacial score (nSPS) is 10.5. The summed E-state index contributed by atoms with van der Waals surface area (Å²) in [5.41, 5.74) is 0.572. The molecular formula is C13H16N4O2S. The van der Waals surface area contributed by atoms with Crippen LogP contribution < -0.4 is 10.9 Å². The molecule has 20 heavy (non-hydrogen) atoms. The van der Waals surface area contributed by atoms with Crippen molar-refractivity contribution in [1.82, 2.24) is 20.3 Å². The van der Waals surface area contributed by atoms with Gasteiger partial charge in [0.05, 0.1) is 10.7 Å². The lowest BCUT2D eigenvalue weighted by Gasteiger charge is -2.03. The van der Waals surface area contributed by atoms with E-state index in [0.29, 0.717) is 18.8 Å². The predicted octanol–water partition coefficient (Wildman–Crippen LogP) is 1.07. The second-order valence-corrected chi connectivity index (χ2v) is 5.25. The summed E-state index contributed by atoms with van der Waals surface area (Å²) in [7, 11) is 0. The van der Waals surface area contributed by atoms with E-state index in [1.165, 1.54) is 6.20 Å². The number of aromatic amines is 1. The molecule has 0 aliphatic heterocycles. The molecule has 7 heteroatoms. The third-order valence-corrected chi connectivity index (χ3v) is 3.78. The van der Waals surface area contributed by atoms with Crippen molar-refractivity contribution < 1.29 is 4.79 Å².